The maximum atomic E-state index is 12.7. The van der Waals surface area contributed by atoms with Crippen LogP contribution in [0.4, 0.5) is 0 Å². The molecule has 0 radical (unpaired) electrons. The Morgan fingerprint density at radius 2 is 0.783 bits per heavy atom. The zero-order valence-electron chi connectivity index (χ0n) is 30.9. The minimum absolute atomic E-state index is 0.0196. The maximum absolute atomic E-state index is 12.7. The Bertz CT molecular complexity index is 661. The van der Waals surface area contributed by atoms with Crippen molar-refractivity contribution in [1.82, 2.24) is 0 Å². The summed E-state index contributed by atoms with van der Waals surface area (Å²) in [4.78, 5) is 28.5. The van der Waals surface area contributed by atoms with E-state index in [1.54, 1.807) is 0 Å². The number of carbonyl (C=O) groups excluding carboxylic acids is 2. The molecule has 0 unspecified atom stereocenters. The Kier molecular flexibility index (Phi) is 33.3. The summed E-state index contributed by atoms with van der Waals surface area (Å²) < 4.78 is 11.9. The van der Waals surface area contributed by atoms with E-state index in [1.165, 1.54) is 103 Å². The molecule has 0 bridgehead atoms. The van der Waals surface area contributed by atoms with Gasteiger partial charge in [0.1, 0.15) is 12.2 Å². The van der Waals surface area contributed by atoms with E-state index in [0.29, 0.717) is 38.5 Å². The molecule has 7 heteroatoms. The minimum Gasteiger partial charge on any atom is -0.462 e. The van der Waals surface area contributed by atoms with Crippen LogP contribution in [0, 0.1) is 0 Å². The Morgan fingerprint density at radius 3 is 1.07 bits per heavy atom. The third kappa shape index (κ3) is 29.6. The van der Waals surface area contributed by atoms with E-state index in [1.807, 2.05) is 0 Å². The van der Waals surface area contributed by atoms with Crippen LogP contribution in [0.3, 0.4) is 0 Å². The van der Waals surface area contributed by atoms with Gasteiger partial charge in [0, 0.05) is 23.8 Å². The van der Waals surface area contributed by atoms with Gasteiger partial charge in [-0.05, 0) is 82.6 Å². The zero-order valence-corrected chi connectivity index (χ0v) is 30.9. The summed E-state index contributed by atoms with van der Waals surface area (Å²) in [5, 5.41) is 3.98. The Labute approximate surface area is 284 Å². The predicted molar refractivity (Wildman–Crippen MR) is 194 cm³/mol. The molecule has 0 rings (SSSR count). The largest absolute Gasteiger partial charge is 0.462 e. The fourth-order valence-electron chi connectivity index (χ4n) is 6.21. The smallest absolute Gasteiger partial charge is 0.306 e. The van der Waals surface area contributed by atoms with Gasteiger partial charge in [0.15, 0.2) is 0 Å². The van der Waals surface area contributed by atoms with Gasteiger partial charge in [0.25, 0.3) is 0 Å². The van der Waals surface area contributed by atoms with Crippen molar-refractivity contribution in [2.45, 2.75) is 239 Å². The summed E-state index contributed by atoms with van der Waals surface area (Å²) in [6, 6.07) is -0.216. The van der Waals surface area contributed by atoms with Crippen LogP contribution in [-0.4, -0.2) is 30.2 Å². The van der Waals surface area contributed by atoms with Crippen molar-refractivity contribution in [3.8, 4) is 0 Å². The van der Waals surface area contributed by atoms with Crippen LogP contribution in [0.2, 0.25) is 0 Å². The molecule has 0 spiro atoms. The van der Waals surface area contributed by atoms with Crippen LogP contribution < -0.4 is 0 Å². The van der Waals surface area contributed by atoms with Crippen molar-refractivity contribution >= 4 is 11.9 Å². The first-order chi connectivity index (χ1) is 22.5. The second-order valence-electron chi connectivity index (χ2n) is 13.7. The molecule has 0 saturated carbocycles. The number of carbonyl (C=O) groups is 2. The lowest BCUT2D eigenvalue weighted by Crippen LogP contribution is -2.19. The Balaban J connectivity index is 4.59. The predicted octanol–water partition coefficient (Wildman–Crippen LogP) is 13.3. The molecule has 0 N–H and O–H groups in total. The van der Waals surface area contributed by atoms with Crippen molar-refractivity contribution in [3.05, 3.63) is 10.4 Å². The van der Waals surface area contributed by atoms with E-state index in [2.05, 4.69) is 37.7 Å². The summed E-state index contributed by atoms with van der Waals surface area (Å²) in [6.45, 7) is 8.91. The average Bonchev–Trinajstić information content (AvgIpc) is 3.04. The summed E-state index contributed by atoms with van der Waals surface area (Å²) in [7, 11) is 0. The standard InChI is InChI=1S/C39H75N3O4/c1-5-9-13-17-21-29-36(30-22-18-14-10-6-2)45-38(43)33-25-27-35(41-42-40)28-26-34-39(44)46-37(31-23-19-15-11-7-3)32-24-20-16-12-8-4/h35-37H,5-34H2,1-4H3. The normalized spacial score (nSPS) is 11.4. The summed E-state index contributed by atoms with van der Waals surface area (Å²) in [5.74, 6) is -0.267. The molecule has 0 amide bonds. The lowest BCUT2D eigenvalue weighted by molar-refractivity contribution is -0.150. The molecule has 0 fully saturated rings. The van der Waals surface area contributed by atoms with Gasteiger partial charge < -0.3 is 9.47 Å². The molecule has 7 nitrogen and oxygen atoms in total. The molecule has 0 saturated heterocycles. The Morgan fingerprint density at radius 1 is 0.478 bits per heavy atom. The van der Waals surface area contributed by atoms with E-state index in [4.69, 9.17) is 15.0 Å². The van der Waals surface area contributed by atoms with Gasteiger partial charge in [-0.3, -0.25) is 9.59 Å². The quantitative estimate of drug-likeness (QED) is 0.0224. The first kappa shape index (κ1) is 44.2. The number of hydrogen-bond acceptors (Lipinski definition) is 5. The number of rotatable bonds is 35. The topological polar surface area (TPSA) is 101 Å². The molecule has 270 valence electrons. The molecule has 0 aliphatic heterocycles. The van der Waals surface area contributed by atoms with E-state index >= 15 is 0 Å². The lowest BCUT2D eigenvalue weighted by Gasteiger charge is -2.19. The highest BCUT2D eigenvalue weighted by atomic mass is 16.5. The number of unbranched alkanes of at least 4 members (excludes halogenated alkanes) is 16. The molecular formula is C39H75N3O4. The highest BCUT2D eigenvalue weighted by Gasteiger charge is 2.17. The molecule has 0 aliphatic carbocycles. The maximum Gasteiger partial charge on any atom is 0.306 e. The van der Waals surface area contributed by atoms with Crippen LogP contribution >= 0.6 is 0 Å². The molecule has 0 aliphatic rings. The fraction of sp³-hybridized carbons (Fsp3) is 0.949. The van der Waals surface area contributed by atoms with E-state index < -0.39 is 0 Å². The number of esters is 2. The first-order valence-corrected chi connectivity index (χ1v) is 19.9. The number of ether oxygens (including phenoxy) is 2. The number of azide groups is 1. The third-order valence-electron chi connectivity index (χ3n) is 9.17. The van der Waals surface area contributed by atoms with Crippen molar-refractivity contribution in [2.24, 2.45) is 5.11 Å². The van der Waals surface area contributed by atoms with Crippen LogP contribution in [0.25, 0.3) is 10.4 Å². The van der Waals surface area contributed by atoms with Crippen LogP contribution in [0.15, 0.2) is 5.11 Å². The van der Waals surface area contributed by atoms with Gasteiger partial charge in [-0.2, -0.15) is 0 Å². The SMILES string of the molecule is CCCCCCCC(CCCCCCC)OC(=O)CCCC(CCCC(=O)OC(CCCCCCC)CCCCCCC)N=[N+]=[N-]. The van der Waals surface area contributed by atoms with Gasteiger partial charge in [-0.25, -0.2) is 0 Å². The van der Waals surface area contributed by atoms with Gasteiger partial charge in [-0.1, -0.05) is 136 Å². The zero-order chi connectivity index (χ0) is 33.9. The number of nitrogens with zero attached hydrogens (tertiary/aromatic N) is 3. The summed E-state index contributed by atoms with van der Waals surface area (Å²) in [6.07, 6.45) is 31.4. The highest BCUT2D eigenvalue weighted by Crippen LogP contribution is 2.20. The van der Waals surface area contributed by atoms with Crippen molar-refractivity contribution < 1.29 is 19.1 Å². The lowest BCUT2D eigenvalue weighted by atomic mass is 10.0. The third-order valence-corrected chi connectivity index (χ3v) is 9.17. The molecule has 0 aromatic carbocycles. The van der Waals surface area contributed by atoms with Gasteiger partial charge in [0.2, 0.25) is 0 Å². The van der Waals surface area contributed by atoms with E-state index in [0.717, 1.165) is 51.4 Å². The fourth-order valence-corrected chi connectivity index (χ4v) is 6.21. The van der Waals surface area contributed by atoms with Crippen LogP contribution in [0.5, 0.6) is 0 Å². The van der Waals surface area contributed by atoms with Crippen LogP contribution in [0.1, 0.15) is 220 Å². The first-order valence-electron chi connectivity index (χ1n) is 19.9. The van der Waals surface area contributed by atoms with Gasteiger partial charge in [0.05, 0.1) is 0 Å². The van der Waals surface area contributed by atoms with Crippen molar-refractivity contribution in [3.63, 3.8) is 0 Å². The summed E-state index contributed by atoms with van der Waals surface area (Å²) in [5.41, 5.74) is 9.11. The highest BCUT2D eigenvalue weighted by molar-refractivity contribution is 5.69. The van der Waals surface area contributed by atoms with Crippen molar-refractivity contribution in [2.75, 3.05) is 0 Å². The molecule has 0 atom stereocenters. The van der Waals surface area contributed by atoms with Crippen molar-refractivity contribution in [1.29, 1.82) is 0 Å². The van der Waals surface area contributed by atoms with Gasteiger partial charge in [-0.15, -0.1) is 0 Å². The second-order valence-corrected chi connectivity index (χ2v) is 13.7. The van der Waals surface area contributed by atoms with Crippen LogP contribution in [-0.2, 0) is 19.1 Å². The molecule has 0 heterocycles. The van der Waals surface area contributed by atoms with Gasteiger partial charge >= 0.3 is 11.9 Å². The number of hydrogen-bond donors (Lipinski definition) is 0. The monoisotopic (exact) mass is 650 g/mol. The molecular weight excluding hydrogens is 574 g/mol. The second kappa shape index (κ2) is 34.6. The summed E-state index contributed by atoms with van der Waals surface area (Å²) >= 11 is 0. The molecule has 0 aromatic rings. The Hall–Kier alpha value is -1.75. The minimum atomic E-state index is -0.216. The average molecular weight is 650 g/mol. The van der Waals surface area contributed by atoms with E-state index in [9.17, 15) is 9.59 Å². The molecule has 46 heavy (non-hydrogen) atoms. The molecule has 0 aromatic heterocycles. The van der Waals surface area contributed by atoms with E-state index in [-0.39, 0.29) is 30.2 Å².